The van der Waals surface area contributed by atoms with Gasteiger partial charge < -0.3 is 10.0 Å². The number of nitrogens with zero attached hydrogens (tertiary/aromatic N) is 1. The molecule has 0 bridgehead atoms. The zero-order valence-electron chi connectivity index (χ0n) is 13.4. The van der Waals surface area contributed by atoms with E-state index < -0.39 is 11.5 Å². The van der Waals surface area contributed by atoms with Crippen LogP contribution in [0.2, 0.25) is 0 Å². The summed E-state index contributed by atoms with van der Waals surface area (Å²) >= 11 is 0. The van der Waals surface area contributed by atoms with Gasteiger partial charge in [-0.1, -0.05) is 13.8 Å². The minimum Gasteiger partial charge on any atom is -0.480 e. The van der Waals surface area contributed by atoms with Crippen LogP contribution in [0.4, 0.5) is 0 Å². The van der Waals surface area contributed by atoms with Gasteiger partial charge in [0.15, 0.2) is 0 Å². The van der Waals surface area contributed by atoms with Gasteiger partial charge >= 0.3 is 5.97 Å². The maximum absolute atomic E-state index is 12.0. The molecule has 1 unspecified atom stereocenters. The van der Waals surface area contributed by atoms with Crippen molar-refractivity contribution in [2.45, 2.75) is 65.0 Å². The molecule has 1 saturated carbocycles. The topological polar surface area (TPSA) is 52.6 Å². The van der Waals surface area contributed by atoms with Gasteiger partial charge in [0.2, 0.25) is 0 Å². The molecule has 0 radical (unpaired) electrons. The molecule has 1 atom stereocenters. The van der Waals surface area contributed by atoms with Crippen molar-refractivity contribution in [3.63, 3.8) is 0 Å². The van der Waals surface area contributed by atoms with Crippen LogP contribution in [0.1, 0.15) is 53.4 Å². The zero-order valence-corrected chi connectivity index (χ0v) is 13.4. The zero-order chi connectivity index (χ0) is 15.0. The van der Waals surface area contributed by atoms with Crippen LogP contribution in [0.3, 0.4) is 0 Å². The Balaban J connectivity index is 2.06. The van der Waals surface area contributed by atoms with Gasteiger partial charge in [-0.25, -0.2) is 0 Å². The fourth-order valence-corrected chi connectivity index (χ4v) is 3.36. The van der Waals surface area contributed by atoms with Crippen molar-refractivity contribution in [2.75, 3.05) is 19.6 Å². The lowest BCUT2D eigenvalue weighted by Gasteiger charge is -2.42. The minimum atomic E-state index is -0.740. The van der Waals surface area contributed by atoms with Gasteiger partial charge in [-0.3, -0.25) is 10.1 Å². The lowest BCUT2D eigenvalue weighted by Crippen LogP contribution is -2.63. The van der Waals surface area contributed by atoms with E-state index in [2.05, 4.69) is 24.1 Å². The molecule has 1 aliphatic carbocycles. The average Bonchev–Trinajstić information content (AvgIpc) is 3.14. The van der Waals surface area contributed by atoms with Crippen LogP contribution in [0.5, 0.6) is 0 Å². The first kappa shape index (κ1) is 15.8. The standard InChI is InChI=1S/C16H30N2O2/c1-12(2)17-16(14(19)20,13-5-6-13)11-18-9-7-15(3,4)8-10-18/h12-13,17H,5-11H2,1-4H3,(H,19,20). The van der Waals surface area contributed by atoms with E-state index in [4.69, 9.17) is 0 Å². The first-order valence-corrected chi connectivity index (χ1v) is 7.99. The predicted molar refractivity (Wildman–Crippen MR) is 80.8 cm³/mol. The summed E-state index contributed by atoms with van der Waals surface area (Å²) in [6.45, 7) is 11.4. The molecule has 116 valence electrons. The van der Waals surface area contributed by atoms with Gasteiger partial charge in [0, 0.05) is 12.6 Å². The molecule has 1 saturated heterocycles. The van der Waals surface area contributed by atoms with Gasteiger partial charge in [-0.2, -0.15) is 0 Å². The molecule has 20 heavy (non-hydrogen) atoms. The van der Waals surface area contributed by atoms with E-state index in [1.54, 1.807) is 0 Å². The number of hydrogen-bond acceptors (Lipinski definition) is 3. The van der Waals surface area contributed by atoms with Gasteiger partial charge in [0.1, 0.15) is 5.54 Å². The SMILES string of the molecule is CC(C)NC(CN1CCC(C)(C)CC1)(C(=O)O)C1CC1. The first-order chi connectivity index (χ1) is 9.25. The second-order valence-electron chi connectivity index (χ2n) is 7.79. The number of likely N-dealkylation sites (tertiary alicyclic amines) is 1. The highest BCUT2D eigenvalue weighted by Crippen LogP contribution is 2.41. The van der Waals surface area contributed by atoms with Crippen molar-refractivity contribution in [1.29, 1.82) is 0 Å². The Morgan fingerprint density at radius 3 is 2.30 bits per heavy atom. The predicted octanol–water partition coefficient (Wildman–Crippen LogP) is 2.34. The van der Waals surface area contributed by atoms with Crippen LogP contribution in [0.15, 0.2) is 0 Å². The van der Waals surface area contributed by atoms with Crippen LogP contribution < -0.4 is 5.32 Å². The molecule has 0 spiro atoms. The summed E-state index contributed by atoms with van der Waals surface area (Å²) in [5.41, 5.74) is -0.330. The van der Waals surface area contributed by atoms with Gasteiger partial charge in [-0.15, -0.1) is 0 Å². The fraction of sp³-hybridized carbons (Fsp3) is 0.938. The molecule has 2 aliphatic rings. The highest BCUT2D eigenvalue weighted by atomic mass is 16.4. The molecule has 2 rings (SSSR count). The number of carboxylic acids is 1. The van der Waals surface area contributed by atoms with E-state index >= 15 is 0 Å². The van der Waals surface area contributed by atoms with E-state index in [-0.39, 0.29) is 6.04 Å². The highest BCUT2D eigenvalue weighted by Gasteiger charge is 2.52. The lowest BCUT2D eigenvalue weighted by molar-refractivity contribution is -0.147. The molecule has 0 aromatic carbocycles. The minimum absolute atomic E-state index is 0.202. The van der Waals surface area contributed by atoms with Crippen molar-refractivity contribution in [3.8, 4) is 0 Å². The summed E-state index contributed by atoms with van der Waals surface area (Å²) < 4.78 is 0. The summed E-state index contributed by atoms with van der Waals surface area (Å²) in [5.74, 6) is -0.365. The largest absolute Gasteiger partial charge is 0.480 e. The van der Waals surface area contributed by atoms with Crippen molar-refractivity contribution >= 4 is 5.97 Å². The second-order valence-corrected chi connectivity index (χ2v) is 7.79. The molecular weight excluding hydrogens is 252 g/mol. The Kier molecular flexibility index (Phi) is 4.45. The van der Waals surface area contributed by atoms with Crippen LogP contribution in [-0.4, -0.2) is 47.2 Å². The van der Waals surface area contributed by atoms with Crippen LogP contribution >= 0.6 is 0 Å². The number of nitrogens with one attached hydrogen (secondary N) is 1. The van der Waals surface area contributed by atoms with E-state index in [9.17, 15) is 9.90 Å². The molecule has 0 aromatic rings. The fourth-order valence-electron chi connectivity index (χ4n) is 3.36. The van der Waals surface area contributed by atoms with Crippen molar-refractivity contribution in [1.82, 2.24) is 10.2 Å². The van der Waals surface area contributed by atoms with Crippen molar-refractivity contribution < 1.29 is 9.90 Å². The average molecular weight is 282 g/mol. The second kappa shape index (κ2) is 5.64. The Bertz CT molecular complexity index is 353. The van der Waals surface area contributed by atoms with E-state index in [1.165, 1.54) is 0 Å². The first-order valence-electron chi connectivity index (χ1n) is 7.99. The molecule has 0 amide bonds. The molecule has 1 heterocycles. The summed E-state index contributed by atoms with van der Waals surface area (Å²) in [7, 11) is 0. The molecular formula is C16H30N2O2. The van der Waals surface area contributed by atoms with Crippen LogP contribution in [0, 0.1) is 11.3 Å². The number of carboxylic acid groups (broad SMARTS) is 1. The summed E-state index contributed by atoms with van der Waals surface area (Å²) in [5, 5.41) is 13.2. The summed E-state index contributed by atoms with van der Waals surface area (Å²) in [6.07, 6.45) is 4.42. The maximum Gasteiger partial charge on any atom is 0.325 e. The Hall–Kier alpha value is -0.610. The number of piperidine rings is 1. The molecule has 2 fully saturated rings. The Morgan fingerprint density at radius 2 is 1.90 bits per heavy atom. The number of hydrogen-bond donors (Lipinski definition) is 2. The third-order valence-electron chi connectivity index (χ3n) is 4.88. The Labute approximate surface area is 122 Å². The molecule has 4 heteroatoms. The molecule has 0 aromatic heterocycles. The third kappa shape index (κ3) is 3.53. The van der Waals surface area contributed by atoms with Crippen molar-refractivity contribution in [3.05, 3.63) is 0 Å². The maximum atomic E-state index is 12.0. The molecule has 1 aliphatic heterocycles. The van der Waals surface area contributed by atoms with Gasteiger partial charge in [-0.05, 0) is 64.0 Å². The van der Waals surface area contributed by atoms with Gasteiger partial charge in [0.25, 0.3) is 0 Å². The van der Waals surface area contributed by atoms with E-state index in [0.717, 1.165) is 38.8 Å². The summed E-state index contributed by atoms with van der Waals surface area (Å²) in [6, 6.07) is 0.202. The monoisotopic (exact) mass is 282 g/mol. The number of carbonyl (C=O) groups is 1. The Morgan fingerprint density at radius 1 is 1.35 bits per heavy atom. The smallest absolute Gasteiger partial charge is 0.325 e. The van der Waals surface area contributed by atoms with E-state index in [1.807, 2.05) is 13.8 Å². The summed E-state index contributed by atoms with van der Waals surface area (Å²) in [4.78, 5) is 14.3. The molecule has 4 nitrogen and oxygen atoms in total. The molecule has 2 N–H and O–H groups in total. The van der Waals surface area contributed by atoms with Crippen molar-refractivity contribution in [2.24, 2.45) is 11.3 Å². The van der Waals surface area contributed by atoms with Crippen LogP contribution in [0.25, 0.3) is 0 Å². The number of rotatable bonds is 6. The van der Waals surface area contributed by atoms with Gasteiger partial charge in [0.05, 0.1) is 0 Å². The highest BCUT2D eigenvalue weighted by molar-refractivity contribution is 5.80. The quantitative estimate of drug-likeness (QED) is 0.785. The van der Waals surface area contributed by atoms with E-state index in [0.29, 0.717) is 17.9 Å². The van der Waals surface area contributed by atoms with Crippen LogP contribution in [-0.2, 0) is 4.79 Å². The number of aliphatic carboxylic acids is 1. The lowest BCUT2D eigenvalue weighted by atomic mass is 9.81. The third-order valence-corrected chi connectivity index (χ3v) is 4.88. The normalized spacial score (nSPS) is 26.4.